The summed E-state index contributed by atoms with van der Waals surface area (Å²) in [5.74, 6) is -0.884. The number of hydrogen-bond acceptors (Lipinski definition) is 4. The molecule has 0 atom stereocenters. The summed E-state index contributed by atoms with van der Waals surface area (Å²) in [7, 11) is 3.96. The highest BCUT2D eigenvalue weighted by Gasteiger charge is 2.23. The highest BCUT2D eigenvalue weighted by molar-refractivity contribution is 5.99. The van der Waals surface area contributed by atoms with Crippen LogP contribution in [0.2, 0.25) is 0 Å². The number of nitrogens with zero attached hydrogens (tertiary/aromatic N) is 2. The molecule has 0 bridgehead atoms. The number of aromatic nitrogens is 1. The first-order chi connectivity index (χ1) is 13.0. The van der Waals surface area contributed by atoms with Gasteiger partial charge in [-0.3, -0.25) is 14.4 Å². The Kier molecular flexibility index (Phi) is 8.88. The van der Waals surface area contributed by atoms with Gasteiger partial charge in [0, 0.05) is 38.1 Å². The largest absolute Gasteiger partial charge is 0.352 e. The second-order valence-electron chi connectivity index (χ2n) is 8.65. The topological polar surface area (TPSA) is 83.4 Å². The summed E-state index contributed by atoms with van der Waals surface area (Å²) in [5.41, 5.74) is -0.679. The zero-order chi connectivity index (χ0) is 21.5. The molecule has 2 N–H and O–H groups in total. The molecule has 0 aliphatic carbocycles. The molecule has 1 aromatic rings. The van der Waals surface area contributed by atoms with Crippen LogP contribution in [0.3, 0.4) is 0 Å². The summed E-state index contributed by atoms with van der Waals surface area (Å²) in [6.07, 6.45) is 4.85. The molecule has 1 rings (SSSR count). The molecule has 2 amide bonds. The van der Waals surface area contributed by atoms with E-state index in [1.54, 1.807) is 4.57 Å². The molecule has 1 heterocycles. The number of unbranched alkanes of at least 4 members (excludes halogenated alkanes) is 1. The number of carbonyl (C=O) groups is 2. The van der Waals surface area contributed by atoms with Crippen LogP contribution >= 0.6 is 0 Å². The maximum Gasteiger partial charge on any atom is 0.256 e. The number of pyridine rings is 1. The van der Waals surface area contributed by atoms with Crippen molar-refractivity contribution in [1.29, 1.82) is 0 Å². The van der Waals surface area contributed by atoms with Crippen molar-refractivity contribution in [2.75, 3.05) is 33.7 Å². The van der Waals surface area contributed by atoms with Crippen LogP contribution in [0.25, 0.3) is 0 Å². The molecule has 0 unspecified atom stereocenters. The minimum Gasteiger partial charge on any atom is -0.352 e. The lowest BCUT2D eigenvalue weighted by atomic mass is 9.93. The van der Waals surface area contributed by atoms with Gasteiger partial charge in [0.2, 0.25) is 5.43 Å². The first-order valence-corrected chi connectivity index (χ1v) is 9.95. The fraction of sp³-hybridized carbons (Fsp3) is 0.667. The van der Waals surface area contributed by atoms with Gasteiger partial charge in [-0.15, -0.1) is 0 Å². The van der Waals surface area contributed by atoms with Gasteiger partial charge in [0.25, 0.3) is 11.8 Å². The van der Waals surface area contributed by atoms with E-state index < -0.39 is 17.2 Å². The number of hydrogen-bond donors (Lipinski definition) is 2. The Hall–Kier alpha value is -2.15. The Balaban J connectivity index is 3.11. The van der Waals surface area contributed by atoms with Crippen LogP contribution in [0.4, 0.5) is 0 Å². The third-order valence-electron chi connectivity index (χ3n) is 4.42. The summed E-state index contributed by atoms with van der Waals surface area (Å²) in [5, 5.41) is 5.62. The molecule has 1 aromatic heterocycles. The molecule has 0 saturated carbocycles. The number of amides is 2. The Morgan fingerprint density at radius 1 is 1.11 bits per heavy atom. The van der Waals surface area contributed by atoms with Crippen LogP contribution in [0, 0.1) is 5.41 Å². The van der Waals surface area contributed by atoms with E-state index in [9.17, 15) is 14.4 Å². The van der Waals surface area contributed by atoms with Crippen molar-refractivity contribution in [2.24, 2.45) is 5.41 Å². The van der Waals surface area contributed by atoms with Crippen molar-refractivity contribution in [1.82, 2.24) is 20.1 Å². The van der Waals surface area contributed by atoms with Crippen molar-refractivity contribution in [3.05, 3.63) is 33.7 Å². The van der Waals surface area contributed by atoms with Crippen LogP contribution in [0.5, 0.6) is 0 Å². The first kappa shape index (κ1) is 23.9. The quantitative estimate of drug-likeness (QED) is 0.599. The maximum absolute atomic E-state index is 12.8. The van der Waals surface area contributed by atoms with Gasteiger partial charge in [-0.05, 0) is 39.8 Å². The van der Waals surface area contributed by atoms with E-state index in [-0.39, 0.29) is 22.6 Å². The fourth-order valence-electron chi connectivity index (χ4n) is 3.02. The van der Waals surface area contributed by atoms with Crippen molar-refractivity contribution < 1.29 is 9.59 Å². The Labute approximate surface area is 168 Å². The zero-order valence-electron chi connectivity index (χ0n) is 18.4. The number of carbonyl (C=O) groups excluding carboxylic acids is 2. The van der Waals surface area contributed by atoms with Crippen LogP contribution in [0.1, 0.15) is 74.2 Å². The predicted octanol–water partition coefficient (Wildman–Crippen LogP) is 2.28. The van der Waals surface area contributed by atoms with Gasteiger partial charge in [0.1, 0.15) is 11.1 Å². The smallest absolute Gasteiger partial charge is 0.256 e. The highest BCUT2D eigenvalue weighted by atomic mass is 16.2. The lowest BCUT2D eigenvalue weighted by molar-refractivity contribution is 0.0927. The number of rotatable bonds is 10. The zero-order valence-corrected chi connectivity index (χ0v) is 18.4. The summed E-state index contributed by atoms with van der Waals surface area (Å²) in [6.45, 7) is 11.7. The lowest BCUT2D eigenvalue weighted by Crippen LogP contribution is -2.42. The lowest BCUT2D eigenvalue weighted by Gasteiger charge is -2.28. The van der Waals surface area contributed by atoms with Crippen molar-refractivity contribution in [2.45, 2.75) is 53.5 Å². The SMILES string of the molecule is CCCCNC(=O)c1cn(C(C)C)cc(C(=O)NCC(C)(C)CN(C)C)c1=O. The Morgan fingerprint density at radius 3 is 2.11 bits per heavy atom. The van der Waals surface area contributed by atoms with E-state index in [1.807, 2.05) is 34.9 Å². The van der Waals surface area contributed by atoms with E-state index in [0.717, 1.165) is 19.4 Å². The molecule has 158 valence electrons. The first-order valence-electron chi connectivity index (χ1n) is 9.95. The van der Waals surface area contributed by atoms with Crippen molar-refractivity contribution in [3.8, 4) is 0 Å². The average molecular weight is 393 g/mol. The molecule has 0 radical (unpaired) electrons. The minimum absolute atomic E-state index is 0.00232. The van der Waals surface area contributed by atoms with Gasteiger partial charge >= 0.3 is 0 Å². The normalized spacial score (nSPS) is 11.8. The van der Waals surface area contributed by atoms with Crippen LogP contribution < -0.4 is 16.1 Å². The van der Waals surface area contributed by atoms with E-state index in [4.69, 9.17) is 0 Å². The fourth-order valence-corrected chi connectivity index (χ4v) is 3.02. The summed E-state index contributed by atoms with van der Waals surface area (Å²) in [6, 6.07) is 0.0134. The maximum atomic E-state index is 12.8. The molecular weight excluding hydrogens is 356 g/mol. The van der Waals surface area contributed by atoms with Gasteiger partial charge in [-0.2, -0.15) is 0 Å². The predicted molar refractivity (Wildman–Crippen MR) is 113 cm³/mol. The van der Waals surface area contributed by atoms with E-state index in [1.165, 1.54) is 12.4 Å². The molecule has 0 spiro atoms. The molecule has 0 saturated heterocycles. The average Bonchev–Trinajstić information content (AvgIpc) is 2.58. The third kappa shape index (κ3) is 7.11. The molecule has 0 fully saturated rings. The molecule has 0 aromatic carbocycles. The summed E-state index contributed by atoms with van der Waals surface area (Å²) >= 11 is 0. The van der Waals surface area contributed by atoms with Crippen LogP contribution in [-0.2, 0) is 0 Å². The van der Waals surface area contributed by atoms with Gasteiger partial charge in [0.05, 0.1) is 0 Å². The van der Waals surface area contributed by atoms with Gasteiger partial charge in [-0.1, -0.05) is 27.2 Å². The van der Waals surface area contributed by atoms with E-state index in [0.29, 0.717) is 13.1 Å². The monoisotopic (exact) mass is 392 g/mol. The second kappa shape index (κ2) is 10.4. The number of nitrogens with one attached hydrogen (secondary N) is 2. The third-order valence-corrected chi connectivity index (χ3v) is 4.42. The van der Waals surface area contributed by atoms with Crippen molar-refractivity contribution >= 4 is 11.8 Å². The molecule has 28 heavy (non-hydrogen) atoms. The van der Waals surface area contributed by atoms with Gasteiger partial charge < -0.3 is 20.1 Å². The standard InChI is InChI=1S/C21H36N4O3/c1-8-9-10-22-19(27)16-11-25(15(2)3)12-17(18(16)26)20(28)23-13-21(4,5)14-24(6)7/h11-12,15H,8-10,13-14H2,1-7H3,(H,22,27)(H,23,28). The van der Waals surface area contributed by atoms with Gasteiger partial charge in [0.15, 0.2) is 0 Å². The summed E-state index contributed by atoms with van der Waals surface area (Å²) < 4.78 is 1.73. The minimum atomic E-state index is -0.534. The molecular formula is C21H36N4O3. The van der Waals surface area contributed by atoms with Crippen LogP contribution in [-0.4, -0.2) is 55.0 Å². The van der Waals surface area contributed by atoms with Gasteiger partial charge in [-0.25, -0.2) is 0 Å². The summed E-state index contributed by atoms with van der Waals surface area (Å²) in [4.78, 5) is 40.1. The molecule has 0 aliphatic rings. The van der Waals surface area contributed by atoms with E-state index >= 15 is 0 Å². The van der Waals surface area contributed by atoms with E-state index in [2.05, 4.69) is 29.4 Å². The molecule has 7 nitrogen and oxygen atoms in total. The van der Waals surface area contributed by atoms with Crippen LogP contribution in [0.15, 0.2) is 17.2 Å². The Morgan fingerprint density at radius 2 is 1.64 bits per heavy atom. The van der Waals surface area contributed by atoms with Crippen molar-refractivity contribution in [3.63, 3.8) is 0 Å². The molecule has 7 heteroatoms. The second-order valence-corrected chi connectivity index (χ2v) is 8.65. The molecule has 0 aliphatic heterocycles. The highest BCUT2D eigenvalue weighted by Crippen LogP contribution is 2.14. The Bertz CT molecular complexity index is 736.